The van der Waals surface area contributed by atoms with Crippen molar-refractivity contribution in [2.24, 2.45) is 5.16 Å². The van der Waals surface area contributed by atoms with E-state index in [0.717, 1.165) is 0 Å². The summed E-state index contributed by atoms with van der Waals surface area (Å²) < 4.78 is 35.3. The molecule has 1 saturated carbocycles. The van der Waals surface area contributed by atoms with E-state index >= 15 is 0 Å². The minimum absolute atomic E-state index is 0.0187. The predicted molar refractivity (Wildman–Crippen MR) is 124 cm³/mol. The molecule has 1 amide bonds. The van der Waals surface area contributed by atoms with Crippen molar-refractivity contribution in [3.63, 3.8) is 0 Å². The first-order valence-electron chi connectivity index (χ1n) is 10.6. The standard InChI is InChI=1S/C21H21N5O6S2/c1-30-16-6-5-15-20(24-16)33-21(23-15)25-19(27)18(26-32-13-8-9-31-11-13)12-2-7-17(22-10-12)34(28,29)14-3-4-14/h2,5-7,10,13-14H,3-4,8-9,11H2,1H3,(H,23,25,27)/b26-18+/t13-/m1/s1. The third-order valence-electron chi connectivity index (χ3n) is 5.32. The van der Waals surface area contributed by atoms with Crippen LogP contribution in [0.2, 0.25) is 0 Å². The second-order valence-corrected chi connectivity index (χ2v) is 11.0. The first-order chi connectivity index (χ1) is 16.4. The highest BCUT2D eigenvalue weighted by Crippen LogP contribution is 2.32. The van der Waals surface area contributed by atoms with Gasteiger partial charge in [0, 0.05) is 24.2 Å². The van der Waals surface area contributed by atoms with Gasteiger partial charge in [-0.25, -0.2) is 23.4 Å². The summed E-state index contributed by atoms with van der Waals surface area (Å²) in [5.41, 5.74) is 0.863. The van der Waals surface area contributed by atoms with Crippen molar-refractivity contribution < 1.29 is 27.5 Å². The van der Waals surface area contributed by atoms with Crippen molar-refractivity contribution in [2.45, 2.75) is 35.6 Å². The first-order valence-corrected chi connectivity index (χ1v) is 12.9. The number of fused-ring (bicyclic) bond motifs is 1. The minimum Gasteiger partial charge on any atom is -0.481 e. The summed E-state index contributed by atoms with van der Waals surface area (Å²) in [5, 5.41) is 6.71. The summed E-state index contributed by atoms with van der Waals surface area (Å²) in [6, 6.07) is 6.31. The van der Waals surface area contributed by atoms with E-state index in [1.807, 2.05) is 0 Å². The molecule has 5 rings (SSSR count). The minimum atomic E-state index is -3.45. The number of rotatable bonds is 8. The number of oxime groups is 1. The van der Waals surface area contributed by atoms with E-state index in [-0.39, 0.29) is 22.1 Å². The summed E-state index contributed by atoms with van der Waals surface area (Å²) in [4.78, 5) is 32.0. The van der Waals surface area contributed by atoms with Gasteiger partial charge in [0.2, 0.25) is 5.88 Å². The maximum absolute atomic E-state index is 13.1. The zero-order valence-corrected chi connectivity index (χ0v) is 19.8. The highest BCUT2D eigenvalue weighted by molar-refractivity contribution is 7.92. The maximum Gasteiger partial charge on any atom is 0.280 e. The van der Waals surface area contributed by atoms with Crippen LogP contribution in [0.4, 0.5) is 5.13 Å². The number of carbonyl (C=O) groups is 1. The lowest BCUT2D eigenvalue weighted by Gasteiger charge is -2.10. The number of nitrogens with zero attached hydrogens (tertiary/aromatic N) is 4. The van der Waals surface area contributed by atoms with Crippen LogP contribution in [0.1, 0.15) is 24.8 Å². The topological polar surface area (TPSA) is 142 Å². The summed E-state index contributed by atoms with van der Waals surface area (Å²) >= 11 is 1.18. The van der Waals surface area contributed by atoms with E-state index in [1.165, 1.54) is 36.8 Å². The molecule has 0 bridgehead atoms. The van der Waals surface area contributed by atoms with Crippen molar-refractivity contribution in [1.29, 1.82) is 0 Å². The van der Waals surface area contributed by atoms with Gasteiger partial charge in [0.05, 0.1) is 25.6 Å². The fourth-order valence-electron chi connectivity index (χ4n) is 3.31. The van der Waals surface area contributed by atoms with Gasteiger partial charge >= 0.3 is 0 Å². The highest BCUT2D eigenvalue weighted by atomic mass is 32.2. The molecule has 178 valence electrons. The molecule has 1 atom stereocenters. The third-order valence-corrected chi connectivity index (χ3v) is 8.37. The van der Waals surface area contributed by atoms with Gasteiger partial charge in [0.1, 0.15) is 10.3 Å². The number of methoxy groups -OCH3 is 1. The van der Waals surface area contributed by atoms with Crippen LogP contribution in [-0.4, -0.2) is 66.7 Å². The number of sulfone groups is 1. The molecule has 0 spiro atoms. The molecule has 3 aromatic heterocycles. The van der Waals surface area contributed by atoms with Crippen LogP contribution in [0.5, 0.6) is 5.88 Å². The number of hydrogen-bond donors (Lipinski definition) is 1. The molecule has 1 N–H and O–H groups in total. The fourth-order valence-corrected chi connectivity index (χ4v) is 5.69. The quantitative estimate of drug-likeness (QED) is 0.361. The lowest BCUT2D eigenvalue weighted by atomic mass is 10.1. The zero-order chi connectivity index (χ0) is 23.7. The zero-order valence-electron chi connectivity index (χ0n) is 18.1. The number of amides is 1. The molecule has 2 fully saturated rings. The van der Waals surface area contributed by atoms with E-state index in [0.29, 0.717) is 59.4 Å². The van der Waals surface area contributed by atoms with Crippen LogP contribution >= 0.6 is 11.3 Å². The number of nitrogens with one attached hydrogen (secondary N) is 1. The smallest absolute Gasteiger partial charge is 0.280 e. The molecule has 0 unspecified atom stereocenters. The van der Waals surface area contributed by atoms with E-state index in [2.05, 4.69) is 25.4 Å². The Morgan fingerprint density at radius 3 is 2.74 bits per heavy atom. The number of aromatic nitrogens is 3. The lowest BCUT2D eigenvalue weighted by Crippen LogP contribution is -2.25. The molecule has 1 aliphatic heterocycles. The number of pyridine rings is 2. The molecule has 2 aliphatic rings. The largest absolute Gasteiger partial charge is 0.481 e. The second kappa shape index (κ2) is 9.24. The fraction of sp³-hybridized carbons (Fsp3) is 0.381. The van der Waals surface area contributed by atoms with Crippen LogP contribution in [-0.2, 0) is 24.2 Å². The van der Waals surface area contributed by atoms with Gasteiger partial charge in [0.25, 0.3) is 5.91 Å². The van der Waals surface area contributed by atoms with Gasteiger partial charge in [-0.1, -0.05) is 16.5 Å². The van der Waals surface area contributed by atoms with E-state index < -0.39 is 15.7 Å². The number of ether oxygens (including phenoxy) is 2. The summed E-state index contributed by atoms with van der Waals surface area (Å²) in [5.74, 6) is -0.139. The Kier molecular flexibility index (Phi) is 6.15. The van der Waals surface area contributed by atoms with Crippen LogP contribution in [0, 0.1) is 0 Å². The molecule has 11 nitrogen and oxygen atoms in total. The predicted octanol–water partition coefficient (Wildman–Crippen LogP) is 2.18. The first kappa shape index (κ1) is 22.6. The summed E-state index contributed by atoms with van der Waals surface area (Å²) in [7, 11) is -1.93. The van der Waals surface area contributed by atoms with Gasteiger partial charge < -0.3 is 14.3 Å². The molecule has 34 heavy (non-hydrogen) atoms. The molecule has 1 saturated heterocycles. The van der Waals surface area contributed by atoms with Crippen LogP contribution in [0.3, 0.4) is 0 Å². The number of thiazole rings is 1. The summed E-state index contributed by atoms with van der Waals surface area (Å²) in [6.45, 7) is 0.930. The van der Waals surface area contributed by atoms with Crippen molar-refractivity contribution >= 4 is 48.3 Å². The SMILES string of the molecule is COc1ccc2nc(NC(=O)/C(=N/O[C@@H]3CCOC3)c3ccc(S(=O)(=O)C4CC4)nc3)sc2n1. The normalized spacial score (nSPS) is 18.7. The molecule has 1 aliphatic carbocycles. The van der Waals surface area contributed by atoms with E-state index in [1.54, 1.807) is 12.1 Å². The molecular weight excluding hydrogens is 482 g/mol. The average Bonchev–Trinajstić information content (AvgIpc) is 3.44. The number of hydrogen-bond acceptors (Lipinski definition) is 11. The van der Waals surface area contributed by atoms with Gasteiger partial charge in [-0.2, -0.15) is 0 Å². The Labute approximate surface area is 199 Å². The summed E-state index contributed by atoms with van der Waals surface area (Å²) in [6.07, 6.45) is 2.97. The van der Waals surface area contributed by atoms with Crippen LogP contribution < -0.4 is 10.1 Å². The number of carbonyl (C=O) groups excluding carboxylic acids is 1. The third kappa shape index (κ3) is 4.72. The van der Waals surface area contributed by atoms with Crippen molar-refractivity contribution in [2.75, 3.05) is 25.6 Å². The molecule has 0 radical (unpaired) electrons. The van der Waals surface area contributed by atoms with Gasteiger partial charge in [-0.3, -0.25) is 10.1 Å². The van der Waals surface area contributed by atoms with Gasteiger partial charge in [-0.05, 0) is 31.0 Å². The Balaban J connectivity index is 1.41. The average molecular weight is 504 g/mol. The lowest BCUT2D eigenvalue weighted by molar-refractivity contribution is -0.110. The molecule has 0 aromatic carbocycles. The Morgan fingerprint density at radius 1 is 1.21 bits per heavy atom. The van der Waals surface area contributed by atoms with E-state index in [4.69, 9.17) is 14.3 Å². The van der Waals surface area contributed by atoms with Crippen molar-refractivity contribution in [1.82, 2.24) is 15.0 Å². The number of anilines is 1. The Hall–Kier alpha value is -3.16. The van der Waals surface area contributed by atoms with Crippen molar-refractivity contribution in [3.8, 4) is 5.88 Å². The Bertz CT molecular complexity index is 1350. The maximum atomic E-state index is 13.1. The van der Waals surface area contributed by atoms with Crippen molar-refractivity contribution in [3.05, 3.63) is 36.0 Å². The molecule has 3 aromatic rings. The van der Waals surface area contributed by atoms with E-state index in [9.17, 15) is 13.2 Å². The van der Waals surface area contributed by atoms with Crippen LogP contribution in [0.25, 0.3) is 10.3 Å². The molecule has 4 heterocycles. The van der Waals surface area contributed by atoms with Crippen LogP contribution in [0.15, 0.2) is 40.6 Å². The molecule has 13 heteroatoms. The Morgan fingerprint density at radius 2 is 2.06 bits per heavy atom. The molecular formula is C21H21N5O6S2. The van der Waals surface area contributed by atoms with Gasteiger partial charge in [0.15, 0.2) is 31.8 Å². The monoisotopic (exact) mass is 503 g/mol. The highest BCUT2D eigenvalue weighted by Gasteiger charge is 2.37. The second-order valence-electron chi connectivity index (χ2n) is 7.81. The van der Waals surface area contributed by atoms with Gasteiger partial charge in [-0.15, -0.1) is 0 Å².